The molecule has 0 saturated carbocycles. The van der Waals surface area contributed by atoms with E-state index in [0.717, 1.165) is 5.56 Å². The zero-order valence-corrected chi connectivity index (χ0v) is 11.5. The van der Waals surface area contributed by atoms with Crippen LogP contribution in [0, 0.1) is 0 Å². The summed E-state index contributed by atoms with van der Waals surface area (Å²) >= 11 is 0. The van der Waals surface area contributed by atoms with Gasteiger partial charge in [0.15, 0.2) is 5.76 Å². The van der Waals surface area contributed by atoms with Crippen LogP contribution < -0.4 is 5.32 Å². The number of rotatable bonds is 4. The van der Waals surface area contributed by atoms with Crippen LogP contribution in [0.1, 0.15) is 54.4 Å². The number of hydrogen-bond acceptors (Lipinski definition) is 2. The molecule has 0 radical (unpaired) electrons. The maximum atomic E-state index is 11.9. The van der Waals surface area contributed by atoms with Crippen molar-refractivity contribution in [1.82, 2.24) is 5.32 Å². The minimum atomic E-state index is -0.189. The van der Waals surface area contributed by atoms with E-state index in [1.54, 1.807) is 12.1 Å². The maximum absolute atomic E-state index is 11.9. The molecule has 1 aromatic heterocycles. The third kappa shape index (κ3) is 3.25. The van der Waals surface area contributed by atoms with Gasteiger partial charge in [0, 0.05) is 0 Å². The smallest absolute Gasteiger partial charge is 0.287 e. The second-order valence-corrected chi connectivity index (χ2v) is 4.99. The van der Waals surface area contributed by atoms with Crippen molar-refractivity contribution < 1.29 is 9.21 Å². The summed E-state index contributed by atoms with van der Waals surface area (Å²) < 4.78 is 5.07. The van der Waals surface area contributed by atoms with E-state index in [4.69, 9.17) is 4.42 Å². The summed E-state index contributed by atoms with van der Waals surface area (Å²) in [7, 11) is 0. The van der Waals surface area contributed by atoms with E-state index in [-0.39, 0.29) is 11.9 Å². The lowest BCUT2D eigenvalue weighted by atomic mass is 9.99. The van der Waals surface area contributed by atoms with Crippen LogP contribution >= 0.6 is 0 Å². The Morgan fingerprint density at radius 3 is 2.21 bits per heavy atom. The molecule has 0 aliphatic rings. The van der Waals surface area contributed by atoms with Gasteiger partial charge in [0.05, 0.1) is 12.3 Å². The number of nitrogens with one attached hydrogen (secondary N) is 1. The van der Waals surface area contributed by atoms with Crippen molar-refractivity contribution in [2.45, 2.75) is 32.7 Å². The average molecular weight is 257 g/mol. The molecule has 1 heterocycles. The number of hydrogen-bond donors (Lipinski definition) is 1. The van der Waals surface area contributed by atoms with Gasteiger partial charge in [-0.25, -0.2) is 0 Å². The van der Waals surface area contributed by atoms with Gasteiger partial charge in [0.25, 0.3) is 5.91 Å². The van der Waals surface area contributed by atoms with Crippen LogP contribution in [0.5, 0.6) is 0 Å². The largest absolute Gasteiger partial charge is 0.459 e. The Hall–Kier alpha value is -2.03. The van der Waals surface area contributed by atoms with Gasteiger partial charge in [-0.1, -0.05) is 38.1 Å². The van der Waals surface area contributed by atoms with Crippen LogP contribution in [-0.2, 0) is 0 Å². The molecule has 0 bridgehead atoms. The fourth-order valence-electron chi connectivity index (χ4n) is 1.93. The van der Waals surface area contributed by atoms with Gasteiger partial charge in [0.2, 0.25) is 0 Å². The van der Waals surface area contributed by atoms with Crippen LogP contribution in [0.3, 0.4) is 0 Å². The van der Waals surface area contributed by atoms with Crippen molar-refractivity contribution in [3.63, 3.8) is 0 Å². The summed E-state index contributed by atoms with van der Waals surface area (Å²) in [5.41, 5.74) is 2.39. The molecular weight excluding hydrogens is 238 g/mol. The predicted molar refractivity (Wildman–Crippen MR) is 75.1 cm³/mol. The molecule has 100 valence electrons. The topological polar surface area (TPSA) is 42.2 Å². The summed E-state index contributed by atoms with van der Waals surface area (Å²) in [6, 6.07) is 11.6. The molecule has 3 nitrogen and oxygen atoms in total. The molecular formula is C16H19NO2. The Morgan fingerprint density at radius 1 is 1.05 bits per heavy atom. The quantitative estimate of drug-likeness (QED) is 0.902. The summed E-state index contributed by atoms with van der Waals surface area (Å²) in [4.78, 5) is 11.9. The highest BCUT2D eigenvalue weighted by Crippen LogP contribution is 2.18. The average Bonchev–Trinajstić information content (AvgIpc) is 2.92. The molecule has 0 spiro atoms. The van der Waals surface area contributed by atoms with Gasteiger partial charge in [-0.2, -0.15) is 0 Å². The lowest BCUT2D eigenvalue weighted by Gasteiger charge is -2.14. The minimum Gasteiger partial charge on any atom is -0.459 e. The molecule has 3 heteroatoms. The number of amides is 1. The van der Waals surface area contributed by atoms with Gasteiger partial charge in [-0.15, -0.1) is 0 Å². The van der Waals surface area contributed by atoms with Gasteiger partial charge in [-0.3, -0.25) is 4.79 Å². The van der Waals surface area contributed by atoms with E-state index in [2.05, 4.69) is 43.4 Å². The van der Waals surface area contributed by atoms with Gasteiger partial charge in [-0.05, 0) is 36.1 Å². The van der Waals surface area contributed by atoms with Crippen molar-refractivity contribution >= 4 is 5.91 Å². The van der Waals surface area contributed by atoms with Crippen LogP contribution in [-0.4, -0.2) is 5.91 Å². The van der Waals surface area contributed by atoms with Crippen LogP contribution in [0.25, 0.3) is 0 Å². The highest BCUT2D eigenvalue weighted by Gasteiger charge is 2.13. The summed E-state index contributed by atoms with van der Waals surface area (Å²) in [5, 5.41) is 2.91. The van der Waals surface area contributed by atoms with E-state index >= 15 is 0 Å². The molecule has 19 heavy (non-hydrogen) atoms. The second-order valence-electron chi connectivity index (χ2n) is 4.99. The first-order valence-electron chi connectivity index (χ1n) is 6.52. The highest BCUT2D eigenvalue weighted by atomic mass is 16.3. The maximum Gasteiger partial charge on any atom is 0.287 e. The summed E-state index contributed by atoms with van der Waals surface area (Å²) in [6.45, 7) is 6.29. The molecule has 1 aromatic carbocycles. The van der Waals surface area contributed by atoms with Gasteiger partial charge >= 0.3 is 0 Å². The molecule has 2 rings (SSSR count). The van der Waals surface area contributed by atoms with Crippen LogP contribution in [0.2, 0.25) is 0 Å². The number of furan rings is 1. The Kier molecular flexibility index (Phi) is 4.05. The molecule has 0 saturated heterocycles. The first-order chi connectivity index (χ1) is 9.08. The zero-order chi connectivity index (χ0) is 13.8. The van der Waals surface area contributed by atoms with Gasteiger partial charge in [0.1, 0.15) is 0 Å². The lowest BCUT2D eigenvalue weighted by Crippen LogP contribution is -2.26. The fourth-order valence-corrected chi connectivity index (χ4v) is 1.93. The molecule has 0 fully saturated rings. The molecule has 0 aliphatic heterocycles. The van der Waals surface area contributed by atoms with E-state index < -0.39 is 0 Å². The Labute approximate surface area is 113 Å². The Bertz CT molecular complexity index is 526. The number of carbonyl (C=O) groups is 1. The molecule has 1 N–H and O–H groups in total. The molecule has 0 aliphatic carbocycles. The standard InChI is InChI=1S/C16H19NO2/c1-11(2)13-6-8-14(9-7-13)12(3)17-16(18)15-5-4-10-19-15/h4-12H,1-3H3,(H,17,18). The van der Waals surface area contributed by atoms with E-state index in [1.807, 2.05) is 6.92 Å². The molecule has 2 aromatic rings. The van der Waals surface area contributed by atoms with Crippen molar-refractivity contribution in [1.29, 1.82) is 0 Å². The third-order valence-corrected chi connectivity index (χ3v) is 3.20. The van der Waals surface area contributed by atoms with Crippen molar-refractivity contribution in [2.75, 3.05) is 0 Å². The number of benzene rings is 1. The fraction of sp³-hybridized carbons (Fsp3) is 0.312. The van der Waals surface area contributed by atoms with Crippen molar-refractivity contribution in [2.24, 2.45) is 0 Å². The van der Waals surface area contributed by atoms with Gasteiger partial charge < -0.3 is 9.73 Å². The zero-order valence-electron chi connectivity index (χ0n) is 11.5. The lowest BCUT2D eigenvalue weighted by molar-refractivity contribution is 0.0912. The predicted octanol–water partition coefficient (Wildman–Crippen LogP) is 3.89. The van der Waals surface area contributed by atoms with Crippen molar-refractivity contribution in [3.8, 4) is 0 Å². The summed E-state index contributed by atoms with van der Waals surface area (Å²) in [6.07, 6.45) is 1.50. The van der Waals surface area contributed by atoms with E-state index in [9.17, 15) is 4.79 Å². The normalized spacial score (nSPS) is 12.4. The van der Waals surface area contributed by atoms with Crippen LogP contribution in [0.15, 0.2) is 47.1 Å². The highest BCUT2D eigenvalue weighted by molar-refractivity contribution is 5.91. The minimum absolute atomic E-state index is 0.0428. The van der Waals surface area contributed by atoms with Crippen LogP contribution in [0.4, 0.5) is 0 Å². The molecule has 1 amide bonds. The molecule has 1 atom stereocenters. The Morgan fingerprint density at radius 2 is 1.68 bits per heavy atom. The SMILES string of the molecule is CC(C)c1ccc(C(C)NC(=O)c2ccco2)cc1. The van der Waals surface area contributed by atoms with Crippen molar-refractivity contribution in [3.05, 3.63) is 59.5 Å². The van der Waals surface area contributed by atoms with E-state index in [1.165, 1.54) is 11.8 Å². The second kappa shape index (κ2) is 5.74. The number of carbonyl (C=O) groups excluding carboxylic acids is 1. The Balaban J connectivity index is 2.03. The monoisotopic (exact) mass is 257 g/mol. The summed E-state index contributed by atoms with van der Waals surface area (Å²) in [5.74, 6) is 0.665. The first-order valence-corrected chi connectivity index (χ1v) is 6.52. The molecule has 1 unspecified atom stereocenters. The van der Waals surface area contributed by atoms with E-state index in [0.29, 0.717) is 11.7 Å². The third-order valence-electron chi connectivity index (χ3n) is 3.20. The first kappa shape index (κ1) is 13.4.